The first-order chi connectivity index (χ1) is 9.87. The SMILES string of the molecule is CCN(C1CCCN1C)S(=O)(=O)c1cccc(C(N)=O)c1. The maximum Gasteiger partial charge on any atom is 0.248 e. The van der Waals surface area contributed by atoms with E-state index in [4.69, 9.17) is 5.73 Å². The third kappa shape index (κ3) is 3.09. The smallest absolute Gasteiger partial charge is 0.248 e. The first kappa shape index (κ1) is 15.9. The van der Waals surface area contributed by atoms with Crippen LogP contribution in [-0.4, -0.2) is 49.8 Å². The minimum absolute atomic E-state index is 0.112. The molecule has 1 fully saturated rings. The number of likely N-dealkylation sites (tertiary alicyclic amines) is 1. The number of nitrogens with two attached hydrogens (primary N) is 1. The average molecular weight is 311 g/mol. The second-order valence-electron chi connectivity index (χ2n) is 5.20. The largest absolute Gasteiger partial charge is 0.366 e. The van der Waals surface area contributed by atoms with Gasteiger partial charge in [0.05, 0.1) is 11.1 Å². The lowest BCUT2D eigenvalue weighted by Crippen LogP contribution is -2.46. The van der Waals surface area contributed by atoms with Crippen LogP contribution in [0.2, 0.25) is 0 Å². The van der Waals surface area contributed by atoms with Gasteiger partial charge in [0.25, 0.3) is 0 Å². The van der Waals surface area contributed by atoms with Gasteiger partial charge in [0.15, 0.2) is 0 Å². The lowest BCUT2D eigenvalue weighted by molar-refractivity contribution is 0.1000. The van der Waals surface area contributed by atoms with E-state index >= 15 is 0 Å². The standard InChI is InChI=1S/C14H21N3O3S/c1-3-17(13-8-5-9-16(13)2)21(19,20)12-7-4-6-11(10-12)14(15)18/h4,6-7,10,13H,3,5,8-9H2,1-2H3,(H2,15,18). The molecule has 6 nitrogen and oxygen atoms in total. The summed E-state index contributed by atoms with van der Waals surface area (Å²) < 4.78 is 27.1. The van der Waals surface area contributed by atoms with Crippen LogP contribution in [0.5, 0.6) is 0 Å². The fourth-order valence-electron chi connectivity index (χ4n) is 2.74. The summed E-state index contributed by atoms with van der Waals surface area (Å²) in [7, 11) is -1.71. The van der Waals surface area contributed by atoms with Gasteiger partial charge in [-0.1, -0.05) is 13.0 Å². The molecule has 1 aromatic rings. The molecule has 1 aromatic carbocycles. The molecule has 2 rings (SSSR count). The molecule has 0 bridgehead atoms. The molecule has 116 valence electrons. The van der Waals surface area contributed by atoms with E-state index in [0.717, 1.165) is 19.4 Å². The Morgan fingerprint density at radius 2 is 2.19 bits per heavy atom. The van der Waals surface area contributed by atoms with Crippen LogP contribution in [0.3, 0.4) is 0 Å². The number of amides is 1. The maximum atomic E-state index is 12.8. The van der Waals surface area contributed by atoms with Gasteiger partial charge >= 0.3 is 0 Å². The van der Waals surface area contributed by atoms with Crippen LogP contribution in [0.15, 0.2) is 29.2 Å². The molecular weight excluding hydrogens is 290 g/mol. The second kappa shape index (κ2) is 6.13. The van der Waals surface area contributed by atoms with Gasteiger partial charge in [-0.05, 0) is 44.6 Å². The van der Waals surface area contributed by atoms with E-state index in [1.54, 1.807) is 6.07 Å². The van der Waals surface area contributed by atoms with Gasteiger partial charge in [-0.2, -0.15) is 4.31 Å². The van der Waals surface area contributed by atoms with Gasteiger partial charge in [0.2, 0.25) is 15.9 Å². The summed E-state index contributed by atoms with van der Waals surface area (Å²) in [6.07, 6.45) is 1.67. The molecule has 1 amide bonds. The molecule has 1 unspecified atom stereocenters. The monoisotopic (exact) mass is 311 g/mol. The van der Waals surface area contributed by atoms with Crippen LogP contribution in [0.1, 0.15) is 30.1 Å². The van der Waals surface area contributed by atoms with Crippen molar-refractivity contribution < 1.29 is 13.2 Å². The second-order valence-corrected chi connectivity index (χ2v) is 7.09. The number of rotatable bonds is 5. The molecule has 7 heteroatoms. The number of sulfonamides is 1. The molecule has 0 spiro atoms. The highest BCUT2D eigenvalue weighted by Gasteiger charge is 2.35. The van der Waals surface area contributed by atoms with Gasteiger partial charge in [-0.3, -0.25) is 9.69 Å². The predicted octanol–water partition coefficient (Wildman–Crippen LogP) is 0.848. The Labute approximate surface area is 125 Å². The lowest BCUT2D eigenvalue weighted by Gasteiger charge is -2.31. The molecule has 1 atom stereocenters. The number of carbonyl (C=O) groups is 1. The number of primary amides is 1. The Balaban J connectivity index is 2.39. The van der Waals surface area contributed by atoms with Crippen LogP contribution in [-0.2, 0) is 10.0 Å². The molecular formula is C14H21N3O3S. The summed E-state index contributed by atoms with van der Waals surface area (Å²) in [5.74, 6) is -0.631. The summed E-state index contributed by atoms with van der Waals surface area (Å²) >= 11 is 0. The molecule has 1 aliphatic rings. The zero-order valence-electron chi connectivity index (χ0n) is 12.3. The molecule has 1 saturated heterocycles. The van der Waals surface area contributed by atoms with E-state index in [1.807, 2.05) is 18.9 Å². The summed E-state index contributed by atoms with van der Waals surface area (Å²) in [6.45, 7) is 3.10. The van der Waals surface area contributed by atoms with Crippen LogP contribution in [0.25, 0.3) is 0 Å². The third-order valence-electron chi connectivity index (χ3n) is 3.85. The highest BCUT2D eigenvalue weighted by Crippen LogP contribution is 2.25. The first-order valence-corrected chi connectivity index (χ1v) is 8.44. The van der Waals surface area contributed by atoms with Crippen molar-refractivity contribution in [3.63, 3.8) is 0 Å². The van der Waals surface area contributed by atoms with Crippen molar-refractivity contribution in [3.05, 3.63) is 29.8 Å². The van der Waals surface area contributed by atoms with Crippen LogP contribution < -0.4 is 5.73 Å². The topological polar surface area (TPSA) is 83.7 Å². The quantitative estimate of drug-likeness (QED) is 0.873. The van der Waals surface area contributed by atoms with Gasteiger partial charge in [-0.25, -0.2) is 8.42 Å². The minimum Gasteiger partial charge on any atom is -0.366 e. The Morgan fingerprint density at radius 1 is 1.48 bits per heavy atom. The Morgan fingerprint density at radius 3 is 2.71 bits per heavy atom. The van der Waals surface area contributed by atoms with Crippen molar-refractivity contribution in [1.29, 1.82) is 0 Å². The summed E-state index contributed by atoms with van der Waals surface area (Å²) in [6, 6.07) is 5.90. The number of carbonyl (C=O) groups excluding carboxylic acids is 1. The number of hydrogen-bond donors (Lipinski definition) is 1. The van der Waals surface area contributed by atoms with E-state index in [0.29, 0.717) is 6.54 Å². The summed E-state index contributed by atoms with van der Waals surface area (Å²) in [5.41, 5.74) is 5.42. The molecule has 0 saturated carbocycles. The van der Waals surface area contributed by atoms with Gasteiger partial charge in [0, 0.05) is 12.1 Å². The average Bonchev–Trinajstić information content (AvgIpc) is 2.86. The fourth-order valence-corrected chi connectivity index (χ4v) is 4.47. The van der Waals surface area contributed by atoms with Gasteiger partial charge in [-0.15, -0.1) is 0 Å². The van der Waals surface area contributed by atoms with Crippen LogP contribution in [0, 0.1) is 0 Å². The highest BCUT2D eigenvalue weighted by molar-refractivity contribution is 7.89. The van der Waals surface area contributed by atoms with Crippen LogP contribution >= 0.6 is 0 Å². The molecule has 1 heterocycles. The molecule has 0 aliphatic carbocycles. The molecule has 0 aromatic heterocycles. The van der Waals surface area contributed by atoms with E-state index in [1.165, 1.54) is 22.5 Å². The van der Waals surface area contributed by atoms with Crippen molar-refractivity contribution >= 4 is 15.9 Å². The predicted molar refractivity (Wildman–Crippen MR) is 80.2 cm³/mol. The fraction of sp³-hybridized carbons (Fsp3) is 0.500. The minimum atomic E-state index is -3.64. The Bertz CT molecular complexity index is 630. The van der Waals surface area contributed by atoms with E-state index in [2.05, 4.69) is 0 Å². The number of hydrogen-bond acceptors (Lipinski definition) is 4. The molecule has 1 aliphatic heterocycles. The first-order valence-electron chi connectivity index (χ1n) is 7.00. The van der Waals surface area contributed by atoms with E-state index < -0.39 is 15.9 Å². The highest BCUT2D eigenvalue weighted by atomic mass is 32.2. The zero-order chi connectivity index (χ0) is 15.6. The van der Waals surface area contributed by atoms with Gasteiger partial charge in [0.1, 0.15) is 0 Å². The molecule has 2 N–H and O–H groups in total. The van der Waals surface area contributed by atoms with E-state index in [9.17, 15) is 13.2 Å². The summed E-state index contributed by atoms with van der Waals surface area (Å²) in [5, 5.41) is 0. The van der Waals surface area contributed by atoms with Crippen molar-refractivity contribution in [1.82, 2.24) is 9.21 Å². The molecule has 0 radical (unpaired) electrons. The zero-order valence-corrected chi connectivity index (χ0v) is 13.1. The summed E-state index contributed by atoms with van der Waals surface area (Å²) in [4.78, 5) is 13.4. The third-order valence-corrected chi connectivity index (χ3v) is 5.82. The van der Waals surface area contributed by atoms with E-state index in [-0.39, 0.29) is 16.6 Å². The van der Waals surface area contributed by atoms with Gasteiger partial charge < -0.3 is 5.73 Å². The number of nitrogens with zero attached hydrogens (tertiary/aromatic N) is 2. The maximum absolute atomic E-state index is 12.8. The molecule has 21 heavy (non-hydrogen) atoms. The Kier molecular flexibility index (Phi) is 4.65. The number of benzene rings is 1. The van der Waals surface area contributed by atoms with Crippen molar-refractivity contribution in [2.75, 3.05) is 20.1 Å². The van der Waals surface area contributed by atoms with Crippen molar-refractivity contribution in [3.8, 4) is 0 Å². The van der Waals surface area contributed by atoms with Crippen molar-refractivity contribution in [2.45, 2.75) is 30.8 Å². The lowest BCUT2D eigenvalue weighted by atomic mass is 10.2. The van der Waals surface area contributed by atoms with Crippen molar-refractivity contribution in [2.24, 2.45) is 5.73 Å². The normalized spacial score (nSPS) is 20.0. The van der Waals surface area contributed by atoms with Crippen LogP contribution in [0.4, 0.5) is 0 Å². The Hall–Kier alpha value is -1.44.